The summed E-state index contributed by atoms with van der Waals surface area (Å²) in [6.45, 7) is 3.24. The highest BCUT2D eigenvalue weighted by Gasteiger charge is 2.12. The molecule has 0 saturated heterocycles. The van der Waals surface area contributed by atoms with Crippen LogP contribution in [0.4, 0.5) is 5.82 Å². The number of hydrogen-bond donors (Lipinski definition) is 1. The number of rotatable bonds is 4. The van der Waals surface area contributed by atoms with Gasteiger partial charge in [0.05, 0.1) is 22.8 Å². The zero-order chi connectivity index (χ0) is 14.8. The monoisotopic (exact) mass is 298 g/mol. The van der Waals surface area contributed by atoms with E-state index in [4.69, 9.17) is 10.7 Å². The van der Waals surface area contributed by atoms with Gasteiger partial charge in [-0.3, -0.25) is 0 Å². The van der Waals surface area contributed by atoms with Gasteiger partial charge in [-0.15, -0.1) is 11.3 Å². The van der Waals surface area contributed by atoms with Gasteiger partial charge in [-0.1, -0.05) is 18.2 Å². The number of fused-ring (bicyclic) bond motifs is 1. The summed E-state index contributed by atoms with van der Waals surface area (Å²) in [6.07, 6.45) is 0. The Kier molecular flexibility index (Phi) is 3.86. The summed E-state index contributed by atoms with van der Waals surface area (Å²) >= 11 is 1.67. The second kappa shape index (κ2) is 5.79. The van der Waals surface area contributed by atoms with Gasteiger partial charge in [-0.05, 0) is 19.1 Å². The van der Waals surface area contributed by atoms with Crippen molar-refractivity contribution in [2.75, 3.05) is 11.9 Å². The van der Waals surface area contributed by atoms with Crippen molar-refractivity contribution in [3.63, 3.8) is 0 Å². The lowest BCUT2D eigenvalue weighted by Gasteiger charge is -2.20. The highest BCUT2D eigenvalue weighted by atomic mass is 32.1. The number of nitrogens with two attached hydrogens (primary N) is 1. The number of anilines is 1. The molecule has 4 nitrogen and oxygen atoms in total. The molecule has 0 aliphatic rings. The Morgan fingerprint density at radius 1 is 1.24 bits per heavy atom. The van der Waals surface area contributed by atoms with Crippen LogP contribution in [0.2, 0.25) is 0 Å². The van der Waals surface area contributed by atoms with Gasteiger partial charge in [0.15, 0.2) is 0 Å². The van der Waals surface area contributed by atoms with Gasteiger partial charge in [-0.2, -0.15) is 0 Å². The molecule has 2 N–H and O–H groups in total. The Morgan fingerprint density at radius 2 is 2.05 bits per heavy atom. The molecule has 3 aromatic rings. The fourth-order valence-corrected chi connectivity index (χ4v) is 3.03. The first-order chi connectivity index (χ1) is 10.2. The molecule has 3 rings (SSSR count). The van der Waals surface area contributed by atoms with Gasteiger partial charge in [0.1, 0.15) is 5.82 Å². The second-order valence-corrected chi connectivity index (χ2v) is 6.14. The predicted octanol–water partition coefficient (Wildman–Crippen LogP) is 3.09. The van der Waals surface area contributed by atoms with Crippen LogP contribution in [0.15, 0.2) is 35.7 Å². The van der Waals surface area contributed by atoms with Crippen molar-refractivity contribution in [3.8, 4) is 0 Å². The van der Waals surface area contributed by atoms with Crippen LogP contribution in [-0.2, 0) is 13.1 Å². The van der Waals surface area contributed by atoms with Crippen molar-refractivity contribution >= 4 is 28.1 Å². The molecule has 0 atom stereocenters. The van der Waals surface area contributed by atoms with E-state index < -0.39 is 0 Å². The Labute approximate surface area is 128 Å². The fraction of sp³-hybridized carbons (Fsp3) is 0.250. The minimum atomic E-state index is 0.480. The Balaban J connectivity index is 1.97. The molecule has 0 amide bonds. The van der Waals surface area contributed by atoms with E-state index in [1.807, 2.05) is 32.2 Å². The molecular formula is C16H18N4S. The molecule has 1 aromatic carbocycles. The number of nitrogens with zero attached hydrogens (tertiary/aromatic N) is 3. The smallest absolute Gasteiger partial charge is 0.133 e. The van der Waals surface area contributed by atoms with Gasteiger partial charge < -0.3 is 10.6 Å². The lowest BCUT2D eigenvalue weighted by molar-refractivity contribution is 0.859. The van der Waals surface area contributed by atoms with Crippen molar-refractivity contribution < 1.29 is 0 Å². The zero-order valence-electron chi connectivity index (χ0n) is 12.2. The first-order valence-corrected chi connectivity index (χ1v) is 7.76. The molecule has 0 unspecified atom stereocenters. The summed E-state index contributed by atoms with van der Waals surface area (Å²) in [5.41, 5.74) is 9.01. The maximum absolute atomic E-state index is 5.90. The highest BCUT2D eigenvalue weighted by Crippen LogP contribution is 2.24. The molecule has 5 heteroatoms. The van der Waals surface area contributed by atoms with Crippen molar-refractivity contribution in [1.29, 1.82) is 0 Å². The van der Waals surface area contributed by atoms with Gasteiger partial charge in [0.25, 0.3) is 0 Å². The van der Waals surface area contributed by atoms with Crippen LogP contribution in [0.5, 0.6) is 0 Å². The van der Waals surface area contributed by atoms with E-state index in [1.54, 1.807) is 11.3 Å². The Hall–Kier alpha value is -1.98. The third-order valence-corrected chi connectivity index (χ3v) is 4.25. The molecule has 0 saturated carbocycles. The van der Waals surface area contributed by atoms with Gasteiger partial charge >= 0.3 is 0 Å². The topological polar surface area (TPSA) is 55.0 Å². The number of thiazole rings is 1. The van der Waals surface area contributed by atoms with Crippen LogP contribution in [0.3, 0.4) is 0 Å². The van der Waals surface area contributed by atoms with Gasteiger partial charge in [-0.25, -0.2) is 9.97 Å². The van der Waals surface area contributed by atoms with E-state index in [-0.39, 0.29) is 0 Å². The molecule has 2 aromatic heterocycles. The molecule has 108 valence electrons. The first kappa shape index (κ1) is 14.0. The molecule has 0 aliphatic heterocycles. The number of hydrogen-bond acceptors (Lipinski definition) is 5. The molecule has 0 fully saturated rings. The van der Waals surface area contributed by atoms with Crippen LogP contribution in [0.1, 0.15) is 16.3 Å². The van der Waals surface area contributed by atoms with E-state index in [1.165, 1.54) is 0 Å². The maximum Gasteiger partial charge on any atom is 0.133 e. The Morgan fingerprint density at radius 3 is 2.76 bits per heavy atom. The van der Waals surface area contributed by atoms with E-state index in [2.05, 4.69) is 27.4 Å². The lowest BCUT2D eigenvalue weighted by Crippen LogP contribution is -2.20. The van der Waals surface area contributed by atoms with Gasteiger partial charge in [0.2, 0.25) is 0 Å². The third kappa shape index (κ3) is 2.89. The average Bonchev–Trinajstić information content (AvgIpc) is 2.90. The van der Waals surface area contributed by atoms with Crippen LogP contribution in [-0.4, -0.2) is 17.0 Å². The normalized spacial score (nSPS) is 11.0. The van der Waals surface area contributed by atoms with Crippen molar-refractivity contribution in [2.24, 2.45) is 5.73 Å². The molecule has 0 radical (unpaired) electrons. The van der Waals surface area contributed by atoms with E-state index in [0.717, 1.165) is 39.5 Å². The number of aryl methyl sites for hydroxylation is 1. The molecule has 0 aliphatic carbocycles. The summed E-state index contributed by atoms with van der Waals surface area (Å²) in [5.74, 6) is 0.932. The number of pyridine rings is 1. The standard InChI is InChI=1S/C16H18N4S/c1-11-18-14(10-21-11)9-20(2)16-13(8-17)7-12-5-3-4-6-15(12)19-16/h3-7,10H,8-9,17H2,1-2H3. The fourth-order valence-electron chi connectivity index (χ4n) is 2.43. The predicted molar refractivity (Wildman–Crippen MR) is 88.6 cm³/mol. The summed E-state index contributed by atoms with van der Waals surface area (Å²) in [4.78, 5) is 11.4. The molecule has 0 bridgehead atoms. The summed E-state index contributed by atoms with van der Waals surface area (Å²) in [7, 11) is 2.03. The SMILES string of the molecule is Cc1nc(CN(C)c2nc3ccccc3cc2CN)cs1. The van der Waals surface area contributed by atoms with Crippen LogP contribution < -0.4 is 10.6 Å². The van der Waals surface area contributed by atoms with Crippen LogP contribution in [0, 0.1) is 6.92 Å². The van der Waals surface area contributed by atoms with Crippen molar-refractivity contribution in [3.05, 3.63) is 52.0 Å². The zero-order valence-corrected chi connectivity index (χ0v) is 13.0. The van der Waals surface area contributed by atoms with Crippen LogP contribution in [0.25, 0.3) is 10.9 Å². The molecule has 0 spiro atoms. The van der Waals surface area contributed by atoms with Gasteiger partial charge in [0, 0.05) is 29.9 Å². The summed E-state index contributed by atoms with van der Waals surface area (Å²) in [5, 5.41) is 4.30. The van der Waals surface area contributed by atoms with Crippen LogP contribution >= 0.6 is 11.3 Å². The second-order valence-electron chi connectivity index (χ2n) is 5.08. The third-order valence-electron chi connectivity index (χ3n) is 3.43. The number of benzene rings is 1. The van der Waals surface area contributed by atoms with E-state index >= 15 is 0 Å². The summed E-state index contributed by atoms with van der Waals surface area (Å²) < 4.78 is 0. The molecule has 2 heterocycles. The Bertz CT molecular complexity index is 766. The highest BCUT2D eigenvalue weighted by molar-refractivity contribution is 7.09. The number of para-hydroxylation sites is 1. The summed E-state index contributed by atoms with van der Waals surface area (Å²) in [6, 6.07) is 10.2. The molecule has 21 heavy (non-hydrogen) atoms. The largest absolute Gasteiger partial charge is 0.353 e. The first-order valence-electron chi connectivity index (χ1n) is 6.88. The van der Waals surface area contributed by atoms with Crippen molar-refractivity contribution in [1.82, 2.24) is 9.97 Å². The van der Waals surface area contributed by atoms with E-state index in [0.29, 0.717) is 6.54 Å². The average molecular weight is 298 g/mol. The number of aromatic nitrogens is 2. The molecular weight excluding hydrogens is 280 g/mol. The maximum atomic E-state index is 5.90. The lowest BCUT2D eigenvalue weighted by atomic mass is 10.1. The van der Waals surface area contributed by atoms with E-state index in [9.17, 15) is 0 Å². The van der Waals surface area contributed by atoms with Crippen molar-refractivity contribution in [2.45, 2.75) is 20.0 Å². The quantitative estimate of drug-likeness (QED) is 0.804. The minimum absolute atomic E-state index is 0.480. The minimum Gasteiger partial charge on any atom is -0.353 e.